The molecule has 70 valence electrons. The van der Waals surface area contributed by atoms with Crippen LogP contribution in [-0.4, -0.2) is 24.7 Å². The van der Waals surface area contributed by atoms with E-state index in [9.17, 15) is 0 Å². The summed E-state index contributed by atoms with van der Waals surface area (Å²) in [4.78, 5) is 4.32. The Balaban J connectivity index is 2.14. The molecule has 1 aliphatic heterocycles. The number of rotatable bonds is 1. The zero-order chi connectivity index (χ0) is 9.10. The zero-order valence-corrected chi connectivity index (χ0v) is 7.79. The Morgan fingerprint density at radius 2 is 2.54 bits per heavy atom. The molecule has 0 spiro atoms. The van der Waals surface area contributed by atoms with Crippen molar-refractivity contribution in [3.8, 4) is 0 Å². The molecular formula is C10H14N2O. The van der Waals surface area contributed by atoms with Crippen LogP contribution in [0, 0.1) is 6.92 Å². The lowest BCUT2D eigenvalue weighted by molar-refractivity contribution is 0.0756. The van der Waals surface area contributed by atoms with E-state index in [1.807, 2.05) is 12.3 Å². The second kappa shape index (κ2) is 3.85. The van der Waals surface area contributed by atoms with Gasteiger partial charge in [0, 0.05) is 12.7 Å². The SMILES string of the molecule is Cc1ccnc([C@H]2COCCN2)c1. The van der Waals surface area contributed by atoms with Gasteiger partial charge in [0.15, 0.2) is 0 Å². The van der Waals surface area contributed by atoms with E-state index in [1.165, 1.54) is 5.56 Å². The van der Waals surface area contributed by atoms with Crippen molar-refractivity contribution in [2.24, 2.45) is 0 Å². The van der Waals surface area contributed by atoms with Crippen molar-refractivity contribution in [1.82, 2.24) is 10.3 Å². The summed E-state index contributed by atoms with van der Waals surface area (Å²) in [7, 11) is 0. The molecular weight excluding hydrogens is 164 g/mol. The van der Waals surface area contributed by atoms with Crippen LogP contribution in [0.25, 0.3) is 0 Å². The first-order chi connectivity index (χ1) is 6.36. The molecule has 2 rings (SSSR count). The number of nitrogens with zero attached hydrogens (tertiary/aromatic N) is 1. The fraction of sp³-hybridized carbons (Fsp3) is 0.500. The van der Waals surface area contributed by atoms with Gasteiger partial charge in [-0.25, -0.2) is 0 Å². The highest BCUT2D eigenvalue weighted by molar-refractivity contribution is 5.17. The topological polar surface area (TPSA) is 34.1 Å². The molecule has 0 saturated carbocycles. The van der Waals surface area contributed by atoms with Crippen LogP contribution in [0.3, 0.4) is 0 Å². The monoisotopic (exact) mass is 178 g/mol. The van der Waals surface area contributed by atoms with Crippen molar-refractivity contribution in [2.45, 2.75) is 13.0 Å². The predicted octanol–water partition coefficient (Wildman–Crippen LogP) is 1.05. The number of nitrogens with one attached hydrogen (secondary N) is 1. The third kappa shape index (κ3) is 2.05. The quantitative estimate of drug-likeness (QED) is 0.698. The molecule has 13 heavy (non-hydrogen) atoms. The average molecular weight is 178 g/mol. The Bertz CT molecular complexity index is 282. The third-order valence-electron chi connectivity index (χ3n) is 2.22. The van der Waals surface area contributed by atoms with Crippen molar-refractivity contribution in [1.29, 1.82) is 0 Å². The van der Waals surface area contributed by atoms with Gasteiger partial charge in [-0.05, 0) is 24.6 Å². The maximum atomic E-state index is 5.37. The summed E-state index contributed by atoms with van der Waals surface area (Å²) in [5, 5.41) is 3.38. The highest BCUT2D eigenvalue weighted by atomic mass is 16.5. The highest BCUT2D eigenvalue weighted by Gasteiger charge is 2.15. The van der Waals surface area contributed by atoms with Crippen LogP contribution in [0.4, 0.5) is 0 Å². The van der Waals surface area contributed by atoms with Crippen LogP contribution in [0.5, 0.6) is 0 Å². The van der Waals surface area contributed by atoms with Crippen LogP contribution in [0.2, 0.25) is 0 Å². The van der Waals surface area contributed by atoms with Gasteiger partial charge in [-0.3, -0.25) is 4.98 Å². The maximum absolute atomic E-state index is 5.37. The summed E-state index contributed by atoms with van der Waals surface area (Å²) >= 11 is 0. The second-order valence-electron chi connectivity index (χ2n) is 3.34. The van der Waals surface area contributed by atoms with E-state index in [4.69, 9.17) is 4.74 Å². The average Bonchev–Trinajstić information content (AvgIpc) is 2.19. The zero-order valence-electron chi connectivity index (χ0n) is 7.79. The fourth-order valence-corrected chi connectivity index (χ4v) is 1.51. The van der Waals surface area contributed by atoms with Crippen molar-refractivity contribution in [3.63, 3.8) is 0 Å². The predicted molar refractivity (Wildman–Crippen MR) is 50.5 cm³/mol. The van der Waals surface area contributed by atoms with Crippen LogP contribution >= 0.6 is 0 Å². The number of hydrogen-bond donors (Lipinski definition) is 1. The number of ether oxygens (including phenoxy) is 1. The second-order valence-corrected chi connectivity index (χ2v) is 3.34. The van der Waals surface area contributed by atoms with Crippen LogP contribution in [0.1, 0.15) is 17.3 Å². The van der Waals surface area contributed by atoms with E-state index in [-0.39, 0.29) is 6.04 Å². The summed E-state index contributed by atoms with van der Waals surface area (Å²) in [5.41, 5.74) is 2.33. The highest BCUT2D eigenvalue weighted by Crippen LogP contribution is 2.13. The Morgan fingerprint density at radius 1 is 1.62 bits per heavy atom. The molecule has 3 nitrogen and oxygen atoms in total. The Kier molecular flexibility index (Phi) is 2.57. The summed E-state index contributed by atoms with van der Waals surface area (Å²) in [6.45, 7) is 4.54. The van der Waals surface area contributed by atoms with Gasteiger partial charge >= 0.3 is 0 Å². The molecule has 0 aliphatic carbocycles. The molecule has 1 saturated heterocycles. The van der Waals surface area contributed by atoms with E-state index in [2.05, 4.69) is 23.3 Å². The van der Waals surface area contributed by atoms with E-state index >= 15 is 0 Å². The molecule has 0 amide bonds. The molecule has 1 aromatic rings. The van der Waals surface area contributed by atoms with Crippen molar-refractivity contribution in [3.05, 3.63) is 29.6 Å². The Labute approximate surface area is 78.1 Å². The molecule has 1 aromatic heterocycles. The van der Waals surface area contributed by atoms with E-state index in [1.54, 1.807) is 0 Å². The minimum Gasteiger partial charge on any atom is -0.378 e. The Hall–Kier alpha value is -0.930. The first-order valence-electron chi connectivity index (χ1n) is 4.60. The van der Waals surface area contributed by atoms with Gasteiger partial charge < -0.3 is 10.1 Å². The summed E-state index contributed by atoms with van der Waals surface area (Å²) in [6, 6.07) is 4.38. The number of morpholine rings is 1. The van der Waals surface area contributed by atoms with Crippen LogP contribution in [0.15, 0.2) is 18.3 Å². The summed E-state index contributed by atoms with van der Waals surface area (Å²) in [6.07, 6.45) is 1.85. The van der Waals surface area contributed by atoms with Crippen LogP contribution in [-0.2, 0) is 4.74 Å². The lowest BCUT2D eigenvalue weighted by Gasteiger charge is -2.23. The van der Waals surface area contributed by atoms with Gasteiger partial charge in [0.25, 0.3) is 0 Å². The number of pyridine rings is 1. The fourth-order valence-electron chi connectivity index (χ4n) is 1.51. The molecule has 1 N–H and O–H groups in total. The van der Waals surface area contributed by atoms with Gasteiger partial charge in [-0.1, -0.05) is 0 Å². The lowest BCUT2D eigenvalue weighted by atomic mass is 10.1. The number of hydrogen-bond acceptors (Lipinski definition) is 3. The summed E-state index contributed by atoms with van der Waals surface area (Å²) < 4.78 is 5.37. The van der Waals surface area contributed by atoms with Gasteiger partial charge in [0.05, 0.1) is 24.9 Å². The van der Waals surface area contributed by atoms with Gasteiger partial charge in [0.1, 0.15) is 0 Å². The van der Waals surface area contributed by atoms with Crippen LogP contribution < -0.4 is 5.32 Å². The smallest absolute Gasteiger partial charge is 0.0733 e. The maximum Gasteiger partial charge on any atom is 0.0733 e. The molecule has 1 atom stereocenters. The Morgan fingerprint density at radius 3 is 3.23 bits per heavy atom. The first-order valence-corrected chi connectivity index (χ1v) is 4.60. The number of aromatic nitrogens is 1. The lowest BCUT2D eigenvalue weighted by Crippen LogP contribution is -2.35. The first kappa shape index (κ1) is 8.66. The van der Waals surface area contributed by atoms with Crippen molar-refractivity contribution in [2.75, 3.05) is 19.8 Å². The van der Waals surface area contributed by atoms with E-state index in [0.29, 0.717) is 0 Å². The number of aryl methyl sites for hydroxylation is 1. The molecule has 2 heterocycles. The van der Waals surface area contributed by atoms with Gasteiger partial charge in [-0.15, -0.1) is 0 Å². The normalized spacial score (nSPS) is 23.0. The van der Waals surface area contributed by atoms with Crippen molar-refractivity contribution >= 4 is 0 Å². The molecule has 3 heteroatoms. The molecule has 0 radical (unpaired) electrons. The van der Waals surface area contributed by atoms with E-state index in [0.717, 1.165) is 25.5 Å². The minimum absolute atomic E-state index is 0.272. The molecule has 0 aromatic carbocycles. The molecule has 0 unspecified atom stereocenters. The molecule has 0 bridgehead atoms. The van der Waals surface area contributed by atoms with Gasteiger partial charge in [-0.2, -0.15) is 0 Å². The van der Waals surface area contributed by atoms with Crippen molar-refractivity contribution < 1.29 is 4.74 Å². The summed E-state index contributed by atoms with van der Waals surface area (Å²) in [5.74, 6) is 0. The molecule has 1 fully saturated rings. The standard InChI is InChI=1S/C10H14N2O/c1-8-2-3-11-9(6-8)10-7-13-5-4-12-10/h2-3,6,10,12H,4-5,7H2,1H3/t10-/m1/s1. The largest absolute Gasteiger partial charge is 0.378 e. The third-order valence-corrected chi connectivity index (χ3v) is 2.22. The van der Waals surface area contributed by atoms with Gasteiger partial charge in [0.2, 0.25) is 0 Å². The molecule has 1 aliphatic rings. The minimum atomic E-state index is 0.272. The van der Waals surface area contributed by atoms with E-state index < -0.39 is 0 Å².